The van der Waals surface area contributed by atoms with Crippen LogP contribution in [0.1, 0.15) is 18.9 Å². The molecular weight excluding hydrogens is 224 g/mol. The van der Waals surface area contributed by atoms with E-state index in [1.54, 1.807) is 6.08 Å². The Hall–Kier alpha value is -2.03. The van der Waals surface area contributed by atoms with Gasteiger partial charge in [0.1, 0.15) is 0 Å². The molecule has 18 heavy (non-hydrogen) atoms. The lowest BCUT2D eigenvalue weighted by Gasteiger charge is -2.18. The molecule has 2 aromatic rings. The third-order valence-electron chi connectivity index (χ3n) is 3.39. The topological polar surface area (TPSA) is 38.0 Å². The molecule has 0 fully saturated rings. The van der Waals surface area contributed by atoms with E-state index >= 15 is 0 Å². The van der Waals surface area contributed by atoms with E-state index in [1.807, 2.05) is 17.0 Å². The average Bonchev–Trinajstić information content (AvgIpc) is 2.71. The van der Waals surface area contributed by atoms with E-state index in [0.29, 0.717) is 12.2 Å². The van der Waals surface area contributed by atoms with Gasteiger partial charge in [-0.05, 0) is 30.7 Å². The highest BCUT2D eigenvalue weighted by molar-refractivity contribution is 5.80. The van der Waals surface area contributed by atoms with Crippen LogP contribution in [0, 0.1) is 12.8 Å². The third-order valence-corrected chi connectivity index (χ3v) is 3.39. The summed E-state index contributed by atoms with van der Waals surface area (Å²) in [4.78, 5) is 0. The van der Waals surface area contributed by atoms with Crippen LogP contribution in [0.3, 0.4) is 0 Å². The molecule has 0 saturated carbocycles. The molecule has 3 heteroatoms. The molecule has 1 atom stereocenters. The molecule has 3 rings (SSSR count). The maximum Gasteiger partial charge on any atom is 0.0930 e. The van der Waals surface area contributed by atoms with Gasteiger partial charge < -0.3 is 5.11 Å². The van der Waals surface area contributed by atoms with Gasteiger partial charge in [-0.25, -0.2) is 4.68 Å². The summed E-state index contributed by atoms with van der Waals surface area (Å²) in [6.07, 6.45) is 6.43. The largest absolute Gasteiger partial charge is 0.512 e. The fraction of sp³-hybridized carbons (Fsp3) is 0.267. The van der Waals surface area contributed by atoms with Gasteiger partial charge in [0.15, 0.2) is 0 Å². The summed E-state index contributed by atoms with van der Waals surface area (Å²) < 4.78 is 1.93. The molecule has 0 spiro atoms. The van der Waals surface area contributed by atoms with Crippen LogP contribution in [0.25, 0.3) is 16.6 Å². The summed E-state index contributed by atoms with van der Waals surface area (Å²) in [6.45, 7) is 4.17. The highest BCUT2D eigenvalue weighted by Crippen LogP contribution is 2.28. The molecule has 0 unspecified atom stereocenters. The first-order valence-corrected chi connectivity index (χ1v) is 6.19. The first-order valence-electron chi connectivity index (χ1n) is 6.19. The Labute approximate surface area is 106 Å². The van der Waals surface area contributed by atoms with Gasteiger partial charge in [0.2, 0.25) is 0 Å². The monoisotopic (exact) mass is 240 g/mol. The number of allylic oxidation sites excluding steroid dienone is 4. The predicted molar refractivity (Wildman–Crippen MR) is 73.2 cm³/mol. The highest BCUT2D eigenvalue weighted by Gasteiger charge is 2.17. The number of hydrogen-bond donors (Lipinski definition) is 1. The fourth-order valence-electron chi connectivity index (χ4n) is 2.39. The third kappa shape index (κ3) is 1.82. The molecule has 1 aliphatic carbocycles. The summed E-state index contributed by atoms with van der Waals surface area (Å²) in [7, 11) is 0. The zero-order valence-corrected chi connectivity index (χ0v) is 10.6. The Bertz CT molecular complexity index is 664. The van der Waals surface area contributed by atoms with E-state index in [2.05, 4.69) is 37.1 Å². The summed E-state index contributed by atoms with van der Waals surface area (Å²) in [6, 6.07) is 6.28. The van der Waals surface area contributed by atoms with Crippen LogP contribution in [0.5, 0.6) is 0 Å². The average molecular weight is 240 g/mol. The second-order valence-corrected chi connectivity index (χ2v) is 4.99. The molecule has 1 aromatic heterocycles. The number of aromatic nitrogens is 2. The summed E-state index contributed by atoms with van der Waals surface area (Å²) >= 11 is 0. The smallest absolute Gasteiger partial charge is 0.0930 e. The van der Waals surface area contributed by atoms with Crippen molar-refractivity contribution in [1.29, 1.82) is 0 Å². The van der Waals surface area contributed by atoms with Gasteiger partial charge in [-0.1, -0.05) is 19.1 Å². The fourth-order valence-corrected chi connectivity index (χ4v) is 2.39. The van der Waals surface area contributed by atoms with Crippen LogP contribution in [0.4, 0.5) is 0 Å². The molecule has 0 saturated heterocycles. The zero-order chi connectivity index (χ0) is 12.7. The van der Waals surface area contributed by atoms with Crippen molar-refractivity contribution in [3.8, 4) is 0 Å². The van der Waals surface area contributed by atoms with E-state index in [1.165, 1.54) is 5.56 Å². The number of hydrogen-bond acceptors (Lipinski definition) is 2. The normalized spacial score (nSPS) is 19.8. The Kier molecular flexibility index (Phi) is 2.47. The lowest BCUT2D eigenvalue weighted by molar-refractivity contribution is 0.369. The number of aliphatic hydroxyl groups is 1. The second-order valence-electron chi connectivity index (χ2n) is 4.99. The van der Waals surface area contributed by atoms with Crippen molar-refractivity contribution in [3.63, 3.8) is 0 Å². The lowest BCUT2D eigenvalue weighted by Crippen LogP contribution is -2.10. The molecule has 0 bridgehead atoms. The van der Waals surface area contributed by atoms with E-state index < -0.39 is 0 Å². The maximum absolute atomic E-state index is 9.51. The number of nitrogens with zero attached hydrogens (tertiary/aromatic N) is 2. The minimum absolute atomic E-state index is 0.283. The van der Waals surface area contributed by atoms with Crippen molar-refractivity contribution < 1.29 is 5.11 Å². The number of benzene rings is 1. The zero-order valence-electron chi connectivity index (χ0n) is 10.6. The first-order chi connectivity index (χ1) is 8.63. The van der Waals surface area contributed by atoms with E-state index in [0.717, 1.165) is 16.6 Å². The van der Waals surface area contributed by atoms with Crippen LogP contribution in [0.15, 0.2) is 42.3 Å². The van der Waals surface area contributed by atoms with Crippen LogP contribution < -0.4 is 0 Å². The van der Waals surface area contributed by atoms with Gasteiger partial charge in [0.25, 0.3) is 0 Å². The number of aryl methyl sites for hydroxylation is 1. The Morgan fingerprint density at radius 1 is 1.33 bits per heavy atom. The molecule has 1 aliphatic rings. The maximum atomic E-state index is 9.51. The van der Waals surface area contributed by atoms with Crippen molar-refractivity contribution in [2.24, 2.45) is 5.92 Å². The minimum atomic E-state index is 0.283. The molecule has 3 nitrogen and oxygen atoms in total. The molecular formula is C15H16N2O. The minimum Gasteiger partial charge on any atom is -0.512 e. The van der Waals surface area contributed by atoms with E-state index in [4.69, 9.17) is 0 Å². The Morgan fingerprint density at radius 2 is 2.17 bits per heavy atom. The van der Waals surface area contributed by atoms with Crippen LogP contribution >= 0.6 is 0 Å². The van der Waals surface area contributed by atoms with Gasteiger partial charge in [0, 0.05) is 29.6 Å². The molecule has 0 radical (unpaired) electrons. The van der Waals surface area contributed by atoms with Gasteiger partial charge in [-0.3, -0.25) is 0 Å². The molecule has 0 aliphatic heterocycles. The first kappa shape index (κ1) is 11.1. The Balaban J connectivity index is 2.09. The van der Waals surface area contributed by atoms with Crippen LogP contribution in [-0.2, 0) is 0 Å². The van der Waals surface area contributed by atoms with Crippen molar-refractivity contribution >= 4 is 16.6 Å². The summed E-state index contributed by atoms with van der Waals surface area (Å²) in [5.74, 6) is 0.726. The Morgan fingerprint density at radius 3 is 2.94 bits per heavy atom. The van der Waals surface area contributed by atoms with Gasteiger partial charge >= 0.3 is 0 Å². The molecule has 0 amide bonds. The lowest BCUT2D eigenvalue weighted by atomic mass is 9.98. The van der Waals surface area contributed by atoms with Gasteiger partial charge in [0.05, 0.1) is 11.3 Å². The molecule has 1 heterocycles. The molecule has 1 N–H and O–H groups in total. The standard InChI is InChI=1S/C15H16N2O/c1-10-3-4-12-9-17(16-14(12)7-10)15-6-5-13(18)8-11(15)2/h3-7,9,11,18H,8H2,1-2H3/t11-/m0/s1. The van der Waals surface area contributed by atoms with Crippen molar-refractivity contribution in [2.45, 2.75) is 20.3 Å². The summed E-state index contributed by atoms with van der Waals surface area (Å²) in [5, 5.41) is 15.3. The highest BCUT2D eigenvalue weighted by atomic mass is 16.3. The number of rotatable bonds is 1. The second kappa shape index (κ2) is 4.02. The van der Waals surface area contributed by atoms with Crippen molar-refractivity contribution in [2.75, 3.05) is 0 Å². The number of aliphatic hydroxyl groups excluding tert-OH is 1. The number of fused-ring (bicyclic) bond motifs is 1. The van der Waals surface area contributed by atoms with E-state index in [9.17, 15) is 5.11 Å². The molecule has 1 aromatic carbocycles. The van der Waals surface area contributed by atoms with Crippen molar-refractivity contribution in [1.82, 2.24) is 9.78 Å². The van der Waals surface area contributed by atoms with Crippen molar-refractivity contribution in [3.05, 3.63) is 47.9 Å². The van der Waals surface area contributed by atoms with Crippen LogP contribution in [0.2, 0.25) is 0 Å². The quantitative estimate of drug-likeness (QED) is 0.826. The van der Waals surface area contributed by atoms with E-state index in [-0.39, 0.29) is 5.92 Å². The van der Waals surface area contributed by atoms with Gasteiger partial charge in [-0.15, -0.1) is 0 Å². The SMILES string of the molecule is Cc1ccc2cn(C3=CC=C(O)C[C@@H]3C)nc2c1. The molecule has 92 valence electrons. The predicted octanol–water partition coefficient (Wildman–Crippen LogP) is 3.67. The summed E-state index contributed by atoms with van der Waals surface area (Å²) in [5.41, 5.74) is 3.36. The van der Waals surface area contributed by atoms with Crippen LogP contribution in [-0.4, -0.2) is 14.9 Å². The van der Waals surface area contributed by atoms with Gasteiger partial charge in [-0.2, -0.15) is 5.10 Å².